The predicted molar refractivity (Wildman–Crippen MR) is 113 cm³/mol. The molecule has 7 nitrogen and oxygen atoms in total. The number of aryl methyl sites for hydroxylation is 2. The second kappa shape index (κ2) is 8.10. The number of aromatic nitrogens is 4. The number of amides is 1. The van der Waals surface area contributed by atoms with Crippen molar-refractivity contribution in [2.24, 2.45) is 5.73 Å². The Morgan fingerprint density at radius 3 is 2.65 bits per heavy atom. The van der Waals surface area contributed by atoms with Crippen LogP contribution in [-0.2, 0) is 13.0 Å². The van der Waals surface area contributed by atoms with E-state index in [-0.39, 0.29) is 17.3 Å². The summed E-state index contributed by atoms with van der Waals surface area (Å²) in [5.41, 5.74) is 7.98. The number of carbonyl (C=O) groups is 1. The molecule has 0 aliphatic carbocycles. The lowest BCUT2D eigenvalue weighted by atomic mass is 10.1. The largest absolute Gasteiger partial charge is 0.366 e. The van der Waals surface area contributed by atoms with Crippen LogP contribution in [0.15, 0.2) is 42.5 Å². The van der Waals surface area contributed by atoms with Crippen molar-refractivity contribution in [3.05, 3.63) is 76.6 Å². The molecule has 158 valence electrons. The van der Waals surface area contributed by atoms with Crippen LogP contribution in [0.2, 0.25) is 0 Å². The van der Waals surface area contributed by atoms with Crippen LogP contribution in [0.3, 0.4) is 0 Å². The topological polar surface area (TPSA) is 98.7 Å². The number of nitrogens with one attached hydrogen (secondary N) is 1. The van der Waals surface area contributed by atoms with Crippen LogP contribution in [-0.4, -0.2) is 25.7 Å². The number of anilines is 1. The lowest BCUT2D eigenvalue weighted by molar-refractivity contribution is 0.100. The van der Waals surface area contributed by atoms with E-state index in [1.165, 1.54) is 18.2 Å². The van der Waals surface area contributed by atoms with Crippen molar-refractivity contribution in [1.29, 1.82) is 0 Å². The Morgan fingerprint density at radius 1 is 1.13 bits per heavy atom. The van der Waals surface area contributed by atoms with Crippen LogP contribution in [0.4, 0.5) is 14.6 Å². The molecular weight excluding hydrogens is 402 g/mol. The van der Waals surface area contributed by atoms with Gasteiger partial charge in [0.1, 0.15) is 17.3 Å². The van der Waals surface area contributed by atoms with Crippen LogP contribution in [0.5, 0.6) is 0 Å². The average Bonchev–Trinajstić information content (AvgIpc) is 3.06. The van der Waals surface area contributed by atoms with E-state index in [2.05, 4.69) is 20.5 Å². The van der Waals surface area contributed by atoms with Gasteiger partial charge in [-0.15, -0.1) is 10.2 Å². The molecule has 2 heterocycles. The smallest absolute Gasteiger partial charge is 0.256 e. The summed E-state index contributed by atoms with van der Waals surface area (Å²) < 4.78 is 29.3. The lowest BCUT2D eigenvalue weighted by Gasteiger charge is -2.12. The van der Waals surface area contributed by atoms with Gasteiger partial charge in [-0.2, -0.15) is 4.98 Å². The second-order valence-electron chi connectivity index (χ2n) is 7.12. The molecule has 0 saturated heterocycles. The summed E-state index contributed by atoms with van der Waals surface area (Å²) in [6.07, 6.45) is 0.581. The highest BCUT2D eigenvalue weighted by atomic mass is 19.1. The monoisotopic (exact) mass is 422 g/mol. The van der Waals surface area contributed by atoms with E-state index in [9.17, 15) is 13.6 Å². The minimum atomic E-state index is -0.723. The molecule has 0 unspecified atom stereocenters. The zero-order chi connectivity index (χ0) is 22.1. The Hall–Kier alpha value is -3.88. The van der Waals surface area contributed by atoms with E-state index in [1.807, 2.05) is 6.92 Å². The van der Waals surface area contributed by atoms with Crippen molar-refractivity contribution in [3.63, 3.8) is 0 Å². The van der Waals surface area contributed by atoms with Gasteiger partial charge in [-0.1, -0.05) is 19.1 Å². The standard InChI is InChI=1S/C22H20F2N6O/c1-3-18-21(26-11-13-5-4-6-14(23)8-13)27-22(29-28-18)30-12(2)7-16-17(20(25)31)9-15(24)10-19(16)30/h4-10H,3,11H2,1-2H3,(H2,25,31)(H,26,27,29). The molecule has 31 heavy (non-hydrogen) atoms. The van der Waals surface area contributed by atoms with Gasteiger partial charge in [0.05, 0.1) is 11.1 Å². The summed E-state index contributed by atoms with van der Waals surface area (Å²) in [6, 6.07) is 10.4. The van der Waals surface area contributed by atoms with Crippen LogP contribution >= 0.6 is 0 Å². The third kappa shape index (κ3) is 3.94. The maximum absolute atomic E-state index is 14.2. The van der Waals surface area contributed by atoms with Crippen LogP contribution in [0, 0.1) is 18.6 Å². The average molecular weight is 422 g/mol. The van der Waals surface area contributed by atoms with Crippen molar-refractivity contribution in [1.82, 2.24) is 19.7 Å². The van der Waals surface area contributed by atoms with Gasteiger partial charge in [-0.05, 0) is 49.2 Å². The van der Waals surface area contributed by atoms with E-state index >= 15 is 0 Å². The second-order valence-corrected chi connectivity index (χ2v) is 7.12. The third-order valence-corrected chi connectivity index (χ3v) is 4.96. The number of hydrogen-bond acceptors (Lipinski definition) is 5. The highest BCUT2D eigenvalue weighted by Gasteiger charge is 2.18. The number of rotatable bonds is 6. The molecule has 0 aliphatic heterocycles. The van der Waals surface area contributed by atoms with Gasteiger partial charge in [0.25, 0.3) is 5.95 Å². The van der Waals surface area contributed by atoms with Gasteiger partial charge in [-0.25, -0.2) is 8.78 Å². The fourth-order valence-electron chi connectivity index (χ4n) is 3.52. The fraction of sp³-hybridized carbons (Fsp3) is 0.182. The van der Waals surface area contributed by atoms with Gasteiger partial charge < -0.3 is 11.1 Å². The summed E-state index contributed by atoms with van der Waals surface area (Å²) in [5, 5.41) is 12.1. The number of benzene rings is 2. The Balaban J connectivity index is 1.78. The van der Waals surface area contributed by atoms with Crippen LogP contribution < -0.4 is 11.1 Å². The number of hydrogen-bond donors (Lipinski definition) is 2. The zero-order valence-electron chi connectivity index (χ0n) is 17.0. The third-order valence-electron chi connectivity index (χ3n) is 4.96. The first-order chi connectivity index (χ1) is 14.9. The van der Waals surface area contributed by atoms with Crippen LogP contribution in [0.1, 0.15) is 34.2 Å². The fourth-order valence-corrected chi connectivity index (χ4v) is 3.52. The van der Waals surface area contributed by atoms with E-state index in [4.69, 9.17) is 5.73 Å². The number of halogens is 2. The van der Waals surface area contributed by atoms with Gasteiger partial charge in [0, 0.05) is 17.6 Å². The Labute approximate surface area is 176 Å². The molecule has 4 rings (SSSR count). The van der Waals surface area contributed by atoms with E-state index in [0.29, 0.717) is 41.1 Å². The highest BCUT2D eigenvalue weighted by molar-refractivity contribution is 6.06. The quantitative estimate of drug-likeness (QED) is 0.494. The molecule has 0 fully saturated rings. The van der Waals surface area contributed by atoms with Crippen molar-refractivity contribution in [2.45, 2.75) is 26.8 Å². The molecule has 4 aromatic rings. The minimum Gasteiger partial charge on any atom is -0.366 e. The Morgan fingerprint density at radius 2 is 1.94 bits per heavy atom. The number of nitrogens with two attached hydrogens (primary N) is 1. The lowest BCUT2D eigenvalue weighted by Crippen LogP contribution is -2.13. The molecule has 0 saturated carbocycles. The van der Waals surface area contributed by atoms with Gasteiger partial charge in [0.2, 0.25) is 5.91 Å². The molecule has 0 spiro atoms. The summed E-state index contributed by atoms with van der Waals surface area (Å²) >= 11 is 0. The molecular formula is C22H20F2N6O. The number of carbonyl (C=O) groups excluding carboxylic acids is 1. The first-order valence-electron chi connectivity index (χ1n) is 9.71. The molecule has 0 atom stereocenters. The van der Waals surface area contributed by atoms with Crippen molar-refractivity contribution >= 4 is 22.6 Å². The maximum Gasteiger partial charge on any atom is 0.256 e. The van der Waals surface area contributed by atoms with E-state index in [1.54, 1.807) is 29.7 Å². The van der Waals surface area contributed by atoms with Crippen molar-refractivity contribution < 1.29 is 13.6 Å². The molecule has 2 aromatic heterocycles. The molecule has 2 aromatic carbocycles. The summed E-state index contributed by atoms with van der Waals surface area (Å²) in [7, 11) is 0. The highest BCUT2D eigenvalue weighted by Crippen LogP contribution is 2.27. The molecule has 0 aliphatic rings. The Kier molecular flexibility index (Phi) is 5.33. The van der Waals surface area contributed by atoms with Gasteiger partial charge in [-0.3, -0.25) is 9.36 Å². The molecule has 1 amide bonds. The van der Waals surface area contributed by atoms with Crippen LogP contribution in [0.25, 0.3) is 16.9 Å². The number of primary amides is 1. The van der Waals surface area contributed by atoms with Gasteiger partial charge in [0.15, 0.2) is 5.82 Å². The number of fused-ring (bicyclic) bond motifs is 1. The molecule has 0 radical (unpaired) electrons. The minimum absolute atomic E-state index is 0.0828. The Bertz CT molecular complexity index is 1300. The maximum atomic E-state index is 14.2. The SMILES string of the molecule is CCc1nnc(-n2c(C)cc3c(C(N)=O)cc(F)cc32)nc1NCc1cccc(F)c1. The zero-order valence-corrected chi connectivity index (χ0v) is 17.0. The first kappa shape index (κ1) is 20.4. The molecule has 3 N–H and O–H groups in total. The normalized spacial score (nSPS) is 11.1. The summed E-state index contributed by atoms with van der Waals surface area (Å²) in [5.74, 6) is -0.932. The van der Waals surface area contributed by atoms with E-state index in [0.717, 1.165) is 11.6 Å². The first-order valence-corrected chi connectivity index (χ1v) is 9.71. The molecule has 9 heteroatoms. The summed E-state index contributed by atoms with van der Waals surface area (Å²) in [4.78, 5) is 16.4. The van der Waals surface area contributed by atoms with Crippen molar-refractivity contribution in [3.8, 4) is 5.95 Å². The van der Waals surface area contributed by atoms with Gasteiger partial charge >= 0.3 is 0 Å². The number of nitrogens with zero attached hydrogens (tertiary/aromatic N) is 4. The van der Waals surface area contributed by atoms with Crippen molar-refractivity contribution in [2.75, 3.05) is 5.32 Å². The molecule has 0 bridgehead atoms. The summed E-state index contributed by atoms with van der Waals surface area (Å²) in [6.45, 7) is 4.05. The van der Waals surface area contributed by atoms with E-state index < -0.39 is 11.7 Å². The predicted octanol–water partition coefficient (Wildman–Crippen LogP) is 3.68.